The van der Waals surface area contributed by atoms with Crippen molar-refractivity contribution in [1.82, 2.24) is 20.3 Å². The van der Waals surface area contributed by atoms with Gasteiger partial charge in [-0.1, -0.05) is 37.3 Å². The number of nitrogens with one attached hydrogen (secondary N) is 1. The number of rotatable bonds is 9. The molecule has 0 aliphatic heterocycles. The van der Waals surface area contributed by atoms with Crippen LogP contribution in [0.2, 0.25) is 0 Å². The summed E-state index contributed by atoms with van der Waals surface area (Å²) in [5.41, 5.74) is 1.81. The number of anilines is 1. The lowest BCUT2D eigenvalue weighted by atomic mass is 10.1. The minimum atomic E-state index is -0.903. The zero-order valence-corrected chi connectivity index (χ0v) is 19.8. The highest BCUT2D eigenvalue weighted by Crippen LogP contribution is 2.31. The minimum absolute atomic E-state index is 0.126. The molecule has 2 heterocycles. The lowest BCUT2D eigenvalue weighted by Crippen LogP contribution is -2.45. The normalized spacial score (nSPS) is 12.1. The fourth-order valence-electron chi connectivity index (χ4n) is 3.68. The number of amides is 2. The van der Waals surface area contributed by atoms with E-state index in [1.165, 1.54) is 45.2 Å². The van der Waals surface area contributed by atoms with Crippen LogP contribution in [-0.4, -0.2) is 33.4 Å². The van der Waals surface area contributed by atoms with Crippen LogP contribution >= 0.6 is 11.3 Å². The van der Waals surface area contributed by atoms with Crippen LogP contribution in [0, 0.1) is 11.7 Å². The molecule has 4 rings (SSSR count). The molecule has 7 nitrogen and oxygen atoms in total. The smallest absolute Gasteiger partial charge is 0.249 e. The molecule has 9 heteroatoms. The van der Waals surface area contributed by atoms with Crippen LogP contribution in [0.5, 0.6) is 0 Å². The van der Waals surface area contributed by atoms with E-state index in [0.717, 1.165) is 6.42 Å². The van der Waals surface area contributed by atoms with Gasteiger partial charge < -0.3 is 5.32 Å². The van der Waals surface area contributed by atoms with Gasteiger partial charge in [0.1, 0.15) is 23.9 Å². The first kappa shape index (κ1) is 23.6. The molecule has 0 radical (unpaired) electrons. The quantitative estimate of drug-likeness (QED) is 0.381. The highest BCUT2D eigenvalue weighted by atomic mass is 32.1. The first-order valence-corrected chi connectivity index (χ1v) is 12.0. The molecule has 0 fully saturated rings. The highest BCUT2D eigenvalue weighted by Gasteiger charge is 2.34. The number of nitrogens with zero attached hydrogens (tertiary/aromatic N) is 4. The third-order valence-electron chi connectivity index (χ3n) is 5.42. The van der Waals surface area contributed by atoms with Gasteiger partial charge in [-0.3, -0.25) is 14.5 Å². The van der Waals surface area contributed by atoms with Crippen molar-refractivity contribution in [2.24, 2.45) is 5.92 Å². The van der Waals surface area contributed by atoms with Gasteiger partial charge in [-0.15, -0.1) is 16.4 Å². The van der Waals surface area contributed by atoms with Crippen LogP contribution in [0.25, 0.3) is 11.0 Å². The Labute approximate surface area is 201 Å². The van der Waals surface area contributed by atoms with Crippen LogP contribution in [0.3, 0.4) is 0 Å². The number of thiophene rings is 1. The molecule has 0 unspecified atom stereocenters. The van der Waals surface area contributed by atoms with Crippen molar-refractivity contribution in [3.05, 3.63) is 76.7 Å². The minimum Gasteiger partial charge on any atom is -0.354 e. The van der Waals surface area contributed by atoms with Crippen LogP contribution in [0.1, 0.15) is 31.2 Å². The van der Waals surface area contributed by atoms with E-state index in [2.05, 4.69) is 29.5 Å². The summed E-state index contributed by atoms with van der Waals surface area (Å²) in [7, 11) is 0. The van der Waals surface area contributed by atoms with E-state index < -0.39 is 11.9 Å². The van der Waals surface area contributed by atoms with E-state index in [9.17, 15) is 14.0 Å². The van der Waals surface area contributed by atoms with Gasteiger partial charge in [-0.2, -0.15) is 0 Å². The highest BCUT2D eigenvalue weighted by molar-refractivity contribution is 7.10. The molecular formula is C25H26FN5O2S. The fourth-order valence-corrected chi connectivity index (χ4v) is 4.49. The standard InChI is InChI=1S/C25H26FN5O2S/c1-17(2)13-14-27-25(33)24(22-8-5-15-34-22)31(19-11-9-18(26)10-12-19)23(32)16-30-21-7-4-3-6-20(21)28-29-30/h3-12,15,17,24H,13-14,16H2,1-2H3,(H,27,33)/t24-/m1/s1. The summed E-state index contributed by atoms with van der Waals surface area (Å²) >= 11 is 1.39. The molecule has 2 aromatic heterocycles. The van der Waals surface area contributed by atoms with Crippen molar-refractivity contribution in [2.75, 3.05) is 11.4 Å². The topological polar surface area (TPSA) is 80.1 Å². The van der Waals surface area contributed by atoms with Gasteiger partial charge in [0.15, 0.2) is 0 Å². The van der Waals surface area contributed by atoms with Crippen molar-refractivity contribution in [3.63, 3.8) is 0 Å². The van der Waals surface area contributed by atoms with E-state index >= 15 is 0 Å². The predicted octanol–water partition coefficient (Wildman–Crippen LogP) is 4.57. The van der Waals surface area contributed by atoms with E-state index in [1.54, 1.807) is 0 Å². The van der Waals surface area contributed by atoms with Crippen molar-refractivity contribution >= 4 is 39.9 Å². The van der Waals surface area contributed by atoms with Crippen LogP contribution in [-0.2, 0) is 16.1 Å². The van der Waals surface area contributed by atoms with Gasteiger partial charge in [0, 0.05) is 17.1 Å². The number of aromatic nitrogens is 3. The van der Waals surface area contributed by atoms with Crippen molar-refractivity contribution in [1.29, 1.82) is 0 Å². The summed E-state index contributed by atoms with van der Waals surface area (Å²) in [6.45, 7) is 4.54. The van der Waals surface area contributed by atoms with Crippen molar-refractivity contribution < 1.29 is 14.0 Å². The number of carbonyl (C=O) groups excluding carboxylic acids is 2. The summed E-state index contributed by atoms with van der Waals surface area (Å²) in [5.74, 6) is -0.646. The molecule has 0 aliphatic carbocycles. The Bertz CT molecular complexity index is 1250. The summed E-state index contributed by atoms with van der Waals surface area (Å²) in [6, 6.07) is 15.7. The Morgan fingerprint density at radius 3 is 2.56 bits per heavy atom. The Kier molecular flexibility index (Phi) is 7.32. The Hall–Kier alpha value is -3.59. The summed E-state index contributed by atoms with van der Waals surface area (Å²) in [6.07, 6.45) is 0.818. The second-order valence-corrected chi connectivity index (χ2v) is 9.35. The van der Waals surface area contributed by atoms with E-state index in [1.807, 2.05) is 41.8 Å². The van der Waals surface area contributed by atoms with Crippen molar-refractivity contribution in [2.45, 2.75) is 32.9 Å². The molecule has 0 spiro atoms. The number of hydrogen-bond donors (Lipinski definition) is 1. The van der Waals surface area contributed by atoms with E-state index in [0.29, 0.717) is 34.1 Å². The molecule has 0 saturated heterocycles. The van der Waals surface area contributed by atoms with Crippen molar-refractivity contribution in [3.8, 4) is 0 Å². The Morgan fingerprint density at radius 2 is 1.85 bits per heavy atom. The molecule has 4 aromatic rings. The lowest BCUT2D eigenvalue weighted by molar-refractivity contribution is -0.126. The molecule has 0 bridgehead atoms. The zero-order chi connectivity index (χ0) is 24.1. The lowest BCUT2D eigenvalue weighted by Gasteiger charge is -2.30. The SMILES string of the molecule is CC(C)CCNC(=O)[C@@H](c1cccs1)N(C(=O)Cn1nnc2ccccc21)c1ccc(F)cc1. The summed E-state index contributed by atoms with van der Waals surface area (Å²) in [5, 5.41) is 13.1. The Balaban J connectivity index is 1.71. The third kappa shape index (κ3) is 5.31. The molecule has 1 N–H and O–H groups in total. The number of carbonyl (C=O) groups is 2. The molecule has 0 aliphatic rings. The second-order valence-electron chi connectivity index (χ2n) is 8.37. The third-order valence-corrected chi connectivity index (χ3v) is 6.34. The van der Waals surface area contributed by atoms with E-state index in [4.69, 9.17) is 0 Å². The number of para-hydroxylation sites is 1. The average molecular weight is 480 g/mol. The van der Waals surface area contributed by atoms with E-state index in [-0.39, 0.29) is 18.4 Å². The molecular weight excluding hydrogens is 453 g/mol. The number of fused-ring (bicyclic) bond motifs is 1. The molecule has 2 aromatic carbocycles. The van der Waals surface area contributed by atoms with Crippen LogP contribution in [0.15, 0.2) is 66.0 Å². The summed E-state index contributed by atoms with van der Waals surface area (Å²) < 4.78 is 15.2. The molecule has 1 atom stereocenters. The molecule has 176 valence electrons. The van der Waals surface area contributed by atoms with Gasteiger partial charge in [0.2, 0.25) is 11.8 Å². The van der Waals surface area contributed by atoms with Crippen LogP contribution < -0.4 is 10.2 Å². The fraction of sp³-hybridized carbons (Fsp3) is 0.280. The van der Waals surface area contributed by atoms with Gasteiger partial charge in [0.05, 0.1) is 5.52 Å². The largest absolute Gasteiger partial charge is 0.354 e. The van der Waals surface area contributed by atoms with Gasteiger partial charge in [-0.05, 0) is 60.2 Å². The Morgan fingerprint density at radius 1 is 1.09 bits per heavy atom. The number of hydrogen-bond acceptors (Lipinski definition) is 5. The van der Waals surface area contributed by atoms with Gasteiger partial charge in [-0.25, -0.2) is 9.07 Å². The monoisotopic (exact) mass is 479 g/mol. The maximum absolute atomic E-state index is 13.7. The average Bonchev–Trinajstić information content (AvgIpc) is 3.48. The maximum atomic E-state index is 13.7. The first-order valence-electron chi connectivity index (χ1n) is 11.1. The zero-order valence-electron chi connectivity index (χ0n) is 19.0. The van der Waals surface area contributed by atoms with Gasteiger partial charge >= 0.3 is 0 Å². The predicted molar refractivity (Wildman–Crippen MR) is 131 cm³/mol. The number of benzene rings is 2. The molecule has 34 heavy (non-hydrogen) atoms. The first-order chi connectivity index (χ1) is 16.4. The van der Waals surface area contributed by atoms with Crippen LogP contribution in [0.4, 0.5) is 10.1 Å². The van der Waals surface area contributed by atoms with Gasteiger partial charge in [0.25, 0.3) is 0 Å². The molecule has 2 amide bonds. The molecule has 0 saturated carbocycles. The number of halogens is 1. The summed E-state index contributed by atoms with van der Waals surface area (Å²) in [4.78, 5) is 29.3. The second kappa shape index (κ2) is 10.6. The maximum Gasteiger partial charge on any atom is 0.249 e.